The molecule has 0 bridgehead atoms. The summed E-state index contributed by atoms with van der Waals surface area (Å²) in [5, 5.41) is 4.57. The maximum atomic E-state index is 11.8. The van der Waals surface area contributed by atoms with E-state index in [1.54, 1.807) is 0 Å². The Labute approximate surface area is 96.3 Å². The van der Waals surface area contributed by atoms with Crippen LogP contribution in [0.15, 0.2) is 0 Å². The number of carbonyl (C=O) groups excluding carboxylic acids is 2. The van der Waals surface area contributed by atoms with Gasteiger partial charge in [-0.15, -0.1) is 0 Å². The van der Waals surface area contributed by atoms with Gasteiger partial charge in [-0.2, -0.15) is 13.2 Å². The van der Waals surface area contributed by atoms with Crippen molar-refractivity contribution in [3.63, 3.8) is 0 Å². The summed E-state index contributed by atoms with van der Waals surface area (Å²) in [5.41, 5.74) is 0. The van der Waals surface area contributed by atoms with Gasteiger partial charge in [-0.25, -0.2) is 0 Å². The zero-order chi connectivity index (χ0) is 13.1. The first-order chi connectivity index (χ1) is 7.81. The lowest BCUT2D eigenvalue weighted by molar-refractivity contribution is -0.143. The Kier molecular flexibility index (Phi) is 4.33. The molecule has 1 saturated heterocycles. The van der Waals surface area contributed by atoms with Crippen molar-refractivity contribution >= 4 is 11.8 Å². The van der Waals surface area contributed by atoms with Crippen molar-refractivity contribution < 1.29 is 22.8 Å². The second kappa shape index (κ2) is 5.35. The highest BCUT2D eigenvalue weighted by Gasteiger charge is 2.30. The second-order valence-corrected chi connectivity index (χ2v) is 3.77. The first-order valence-corrected chi connectivity index (χ1v) is 5.16. The Morgan fingerprint density at radius 3 is 2.82 bits per heavy atom. The van der Waals surface area contributed by atoms with Crippen molar-refractivity contribution in [3.8, 4) is 0 Å². The maximum Gasteiger partial charge on any atom is 0.401 e. The molecule has 1 rings (SSSR count). The molecule has 17 heavy (non-hydrogen) atoms. The molecule has 0 aromatic rings. The number of rotatable bonds is 3. The first-order valence-electron chi connectivity index (χ1n) is 5.16. The summed E-state index contributed by atoms with van der Waals surface area (Å²) in [7, 11) is 0. The van der Waals surface area contributed by atoms with Crippen LogP contribution in [-0.4, -0.2) is 55.1 Å². The Balaban J connectivity index is 2.39. The lowest BCUT2D eigenvalue weighted by Gasteiger charge is -2.32. The molecule has 5 nitrogen and oxygen atoms in total. The topological polar surface area (TPSA) is 61.4 Å². The van der Waals surface area contributed by atoms with Crippen molar-refractivity contribution in [3.05, 3.63) is 0 Å². The Bertz CT molecular complexity index is 306. The van der Waals surface area contributed by atoms with Gasteiger partial charge in [-0.3, -0.25) is 9.59 Å². The Hall–Kier alpha value is -1.31. The number of piperazine rings is 1. The molecule has 1 aliphatic rings. The van der Waals surface area contributed by atoms with Crippen LogP contribution in [0.25, 0.3) is 0 Å². The third kappa shape index (κ3) is 4.22. The number of hydrogen-bond donors (Lipinski definition) is 2. The molecule has 1 atom stereocenters. The summed E-state index contributed by atoms with van der Waals surface area (Å²) >= 11 is 0. The minimum absolute atomic E-state index is 0.291. The molecular weight excluding hydrogens is 239 g/mol. The quantitative estimate of drug-likeness (QED) is 0.712. The van der Waals surface area contributed by atoms with Crippen LogP contribution in [0.4, 0.5) is 13.2 Å². The van der Waals surface area contributed by atoms with Crippen molar-refractivity contribution in [1.29, 1.82) is 0 Å². The molecular formula is C9H14F3N3O2. The van der Waals surface area contributed by atoms with Gasteiger partial charge in [0.05, 0.1) is 13.1 Å². The molecule has 2 amide bonds. The van der Waals surface area contributed by atoms with Crippen LogP contribution in [0.2, 0.25) is 0 Å². The van der Waals surface area contributed by atoms with E-state index in [0.29, 0.717) is 13.1 Å². The van der Waals surface area contributed by atoms with E-state index in [9.17, 15) is 22.8 Å². The average Bonchev–Trinajstić information content (AvgIpc) is 2.20. The molecule has 1 unspecified atom stereocenters. The van der Waals surface area contributed by atoms with Gasteiger partial charge in [0.25, 0.3) is 0 Å². The third-order valence-corrected chi connectivity index (χ3v) is 2.42. The molecule has 0 aromatic carbocycles. The fraction of sp³-hybridized carbons (Fsp3) is 0.778. The van der Waals surface area contributed by atoms with Crippen molar-refractivity contribution in [2.75, 3.05) is 26.2 Å². The molecule has 0 aliphatic carbocycles. The normalized spacial score (nSPS) is 21.3. The smallest absolute Gasteiger partial charge is 0.353 e. The Morgan fingerprint density at radius 1 is 1.59 bits per heavy atom. The molecule has 1 heterocycles. The zero-order valence-corrected chi connectivity index (χ0v) is 9.30. The third-order valence-electron chi connectivity index (χ3n) is 2.42. The van der Waals surface area contributed by atoms with Gasteiger partial charge in [-0.1, -0.05) is 0 Å². The van der Waals surface area contributed by atoms with E-state index in [-0.39, 0.29) is 5.91 Å². The molecule has 0 aromatic heterocycles. The number of alkyl halides is 3. The van der Waals surface area contributed by atoms with Crippen molar-refractivity contribution in [2.45, 2.75) is 19.1 Å². The Morgan fingerprint density at radius 2 is 2.24 bits per heavy atom. The van der Waals surface area contributed by atoms with Gasteiger partial charge in [-0.05, 0) is 6.92 Å². The summed E-state index contributed by atoms with van der Waals surface area (Å²) in [4.78, 5) is 24.1. The highest BCUT2D eigenvalue weighted by Crippen LogP contribution is 2.12. The number of amides is 2. The predicted octanol–water partition coefficient (Wildman–Crippen LogP) is -0.515. The van der Waals surface area contributed by atoms with E-state index >= 15 is 0 Å². The van der Waals surface area contributed by atoms with Crippen molar-refractivity contribution in [2.24, 2.45) is 0 Å². The summed E-state index contributed by atoms with van der Waals surface area (Å²) in [6.45, 7) is 0.550. The lowest BCUT2D eigenvalue weighted by atomic mass is 10.2. The number of halogens is 3. The van der Waals surface area contributed by atoms with Gasteiger partial charge in [0.1, 0.15) is 6.04 Å². The van der Waals surface area contributed by atoms with E-state index in [0.717, 1.165) is 0 Å². The average molecular weight is 253 g/mol. The number of nitrogens with zero attached hydrogens (tertiary/aromatic N) is 1. The number of hydrogen-bond acceptors (Lipinski definition) is 3. The molecule has 2 N–H and O–H groups in total. The highest BCUT2D eigenvalue weighted by atomic mass is 19.4. The zero-order valence-electron chi connectivity index (χ0n) is 9.30. The van der Waals surface area contributed by atoms with Crippen LogP contribution in [0, 0.1) is 0 Å². The molecule has 1 aliphatic heterocycles. The minimum atomic E-state index is -4.34. The second-order valence-electron chi connectivity index (χ2n) is 3.77. The first kappa shape index (κ1) is 13.8. The van der Waals surface area contributed by atoms with Gasteiger partial charge in [0.2, 0.25) is 11.8 Å². The van der Waals surface area contributed by atoms with Crippen LogP contribution < -0.4 is 10.6 Å². The van der Waals surface area contributed by atoms with Gasteiger partial charge in [0, 0.05) is 13.1 Å². The van der Waals surface area contributed by atoms with Crippen LogP contribution in [0.5, 0.6) is 0 Å². The van der Waals surface area contributed by atoms with Crippen molar-refractivity contribution in [1.82, 2.24) is 15.5 Å². The number of nitrogens with one attached hydrogen (secondary N) is 2. The van der Waals surface area contributed by atoms with Crippen LogP contribution in [0.1, 0.15) is 6.92 Å². The van der Waals surface area contributed by atoms with E-state index in [1.807, 2.05) is 5.32 Å². The van der Waals surface area contributed by atoms with Gasteiger partial charge < -0.3 is 15.5 Å². The largest absolute Gasteiger partial charge is 0.401 e. The summed E-state index contributed by atoms with van der Waals surface area (Å²) in [6, 6.07) is -0.635. The standard InChI is InChI=1S/C9H14F3N3O2/c1-6-8(17)14-2-3-15(6)7(16)4-13-5-9(10,11)12/h6,13H,2-5H2,1H3,(H,14,17). The van der Waals surface area contributed by atoms with E-state index in [1.165, 1.54) is 11.8 Å². The highest BCUT2D eigenvalue weighted by molar-refractivity contribution is 5.89. The molecule has 8 heteroatoms. The maximum absolute atomic E-state index is 11.8. The molecule has 0 spiro atoms. The molecule has 98 valence electrons. The molecule has 1 fully saturated rings. The predicted molar refractivity (Wildman–Crippen MR) is 53.1 cm³/mol. The monoisotopic (exact) mass is 253 g/mol. The van der Waals surface area contributed by atoms with E-state index in [4.69, 9.17) is 0 Å². The summed E-state index contributed by atoms with van der Waals surface area (Å²) in [6.07, 6.45) is -4.34. The SMILES string of the molecule is CC1C(=O)NCCN1C(=O)CNCC(F)(F)F. The molecule has 0 saturated carbocycles. The van der Waals surface area contributed by atoms with Gasteiger partial charge >= 0.3 is 6.18 Å². The minimum Gasteiger partial charge on any atom is -0.353 e. The fourth-order valence-electron chi connectivity index (χ4n) is 1.54. The van der Waals surface area contributed by atoms with Gasteiger partial charge in [0.15, 0.2) is 0 Å². The lowest BCUT2D eigenvalue weighted by Crippen LogP contribution is -2.57. The van der Waals surface area contributed by atoms with E-state index < -0.39 is 31.2 Å². The van der Waals surface area contributed by atoms with Crippen LogP contribution in [0.3, 0.4) is 0 Å². The number of carbonyl (C=O) groups is 2. The molecule has 0 radical (unpaired) electrons. The van der Waals surface area contributed by atoms with E-state index in [2.05, 4.69) is 5.32 Å². The fourth-order valence-corrected chi connectivity index (χ4v) is 1.54. The summed E-state index contributed by atoms with van der Waals surface area (Å²) < 4.78 is 35.5. The van der Waals surface area contributed by atoms with Crippen LogP contribution in [-0.2, 0) is 9.59 Å². The summed E-state index contributed by atoms with van der Waals surface area (Å²) in [5.74, 6) is -0.794. The van der Waals surface area contributed by atoms with Crippen LogP contribution >= 0.6 is 0 Å².